The van der Waals surface area contributed by atoms with Crippen LogP contribution >= 0.6 is 11.8 Å². The van der Waals surface area contributed by atoms with Crippen LogP contribution in [0.4, 0.5) is 11.8 Å². The second kappa shape index (κ2) is 12.2. The zero-order valence-corrected chi connectivity index (χ0v) is 20.6. The molecule has 2 rings (SSSR count). The summed E-state index contributed by atoms with van der Waals surface area (Å²) in [6.45, 7) is 16.9. The van der Waals surface area contributed by atoms with Crippen molar-refractivity contribution < 1.29 is 10.2 Å². The number of nitrogen functional groups attached to an aromatic ring is 1. The lowest BCUT2D eigenvalue weighted by Crippen LogP contribution is -2.35. The summed E-state index contributed by atoms with van der Waals surface area (Å²) < 4.78 is 0. The molecule has 0 bridgehead atoms. The van der Waals surface area contributed by atoms with Gasteiger partial charge in [0, 0.05) is 18.0 Å². The third-order valence-corrected chi connectivity index (χ3v) is 6.06. The Hall–Kier alpha value is -1.90. The molecule has 5 N–H and O–H groups in total. The van der Waals surface area contributed by atoms with Gasteiger partial charge in [-0.25, -0.2) is 4.98 Å². The van der Waals surface area contributed by atoms with Crippen LogP contribution < -0.4 is 11.1 Å². The molecule has 0 saturated heterocycles. The number of nitrogens with two attached hydrogens (primary N) is 1. The molecule has 1 aromatic rings. The molecule has 174 valence electrons. The molecule has 0 amide bonds. The van der Waals surface area contributed by atoms with E-state index in [4.69, 9.17) is 15.9 Å². The fourth-order valence-electron chi connectivity index (χ4n) is 2.84. The summed E-state index contributed by atoms with van der Waals surface area (Å²) in [7, 11) is 1.72. The van der Waals surface area contributed by atoms with Gasteiger partial charge in [0.15, 0.2) is 0 Å². The van der Waals surface area contributed by atoms with Crippen LogP contribution in [0, 0.1) is 12.8 Å². The highest BCUT2D eigenvalue weighted by Crippen LogP contribution is 2.34. The molecule has 31 heavy (non-hydrogen) atoms. The summed E-state index contributed by atoms with van der Waals surface area (Å²) in [5.41, 5.74) is 6.78. The number of aryl methyl sites for hydroxylation is 1. The lowest BCUT2D eigenvalue weighted by Gasteiger charge is -2.23. The van der Waals surface area contributed by atoms with Gasteiger partial charge in [0.1, 0.15) is 10.9 Å². The van der Waals surface area contributed by atoms with Crippen molar-refractivity contribution >= 4 is 28.6 Å². The predicted molar refractivity (Wildman–Crippen MR) is 134 cm³/mol. The quantitative estimate of drug-likeness (QED) is 0.252. The van der Waals surface area contributed by atoms with E-state index in [0.717, 1.165) is 33.5 Å². The van der Waals surface area contributed by atoms with Gasteiger partial charge in [0.2, 0.25) is 5.95 Å². The number of rotatable bonds is 9. The molecular weight excluding hydrogens is 410 g/mol. The number of hydrogen-bond acceptors (Lipinski definition) is 8. The maximum atomic E-state index is 9.17. The van der Waals surface area contributed by atoms with Crippen molar-refractivity contribution in [2.75, 3.05) is 18.1 Å². The first-order chi connectivity index (χ1) is 14.4. The molecule has 0 radical (unpaired) electrons. The van der Waals surface area contributed by atoms with Crippen molar-refractivity contribution in [2.45, 2.75) is 78.0 Å². The number of allylic oxidation sites excluding steroid dienone is 1. The van der Waals surface area contributed by atoms with Crippen molar-refractivity contribution in [3.05, 3.63) is 35.4 Å². The van der Waals surface area contributed by atoms with Gasteiger partial charge in [-0.2, -0.15) is 4.98 Å². The minimum Gasteiger partial charge on any atom is -0.390 e. The third-order valence-electron chi connectivity index (χ3n) is 5.05. The standard InChI is InChI=1S/C16H23N5S.C7H16O2/c1-6-9(2)22-15(18-5)13-11(4)20-16(21-14(13)17)19-10(3)12-7-8-12;1-4-5-6(8)7(2,3)9/h6,10,12H,1-2,7-8H2,3-5H3,(H3,17,19,20,21);6,8-9H,4-5H2,1-3H3/t10-;6-/m11/s1. The number of nitrogens with one attached hydrogen (secondary N) is 1. The minimum absolute atomic E-state index is 0.374. The fraction of sp³-hybridized carbons (Fsp3) is 0.609. The monoisotopic (exact) mass is 449 g/mol. The second-order valence-corrected chi connectivity index (χ2v) is 9.54. The number of nitrogens with zero attached hydrogens (tertiary/aromatic N) is 3. The van der Waals surface area contributed by atoms with Gasteiger partial charge in [-0.05, 0) is 52.9 Å². The van der Waals surface area contributed by atoms with E-state index >= 15 is 0 Å². The molecular formula is C23H39N5O2S. The molecule has 0 aliphatic heterocycles. The first-order valence-electron chi connectivity index (χ1n) is 10.7. The van der Waals surface area contributed by atoms with E-state index in [1.807, 2.05) is 13.8 Å². The van der Waals surface area contributed by atoms with E-state index in [1.54, 1.807) is 27.0 Å². The molecule has 1 saturated carbocycles. The van der Waals surface area contributed by atoms with Crippen LogP contribution in [0.1, 0.15) is 64.6 Å². The van der Waals surface area contributed by atoms with Gasteiger partial charge >= 0.3 is 0 Å². The number of hydrogen-bond donors (Lipinski definition) is 4. The SMILES string of the molecule is C=CC(=C)SC(=NC)c1c(C)nc(N[C@H](C)C2CC2)nc1N.CCC[C@@H](O)C(C)(C)O. The smallest absolute Gasteiger partial charge is 0.225 e. The number of aromatic nitrogens is 2. The Morgan fingerprint density at radius 2 is 2.03 bits per heavy atom. The highest BCUT2D eigenvalue weighted by atomic mass is 32.2. The van der Waals surface area contributed by atoms with Gasteiger partial charge in [-0.1, -0.05) is 44.3 Å². The van der Waals surface area contributed by atoms with Crippen molar-refractivity contribution in [1.82, 2.24) is 9.97 Å². The first kappa shape index (κ1) is 27.1. The summed E-state index contributed by atoms with van der Waals surface area (Å²) >= 11 is 1.42. The van der Waals surface area contributed by atoms with Gasteiger partial charge in [-0.15, -0.1) is 0 Å². The van der Waals surface area contributed by atoms with Crippen LogP contribution in [0.2, 0.25) is 0 Å². The van der Waals surface area contributed by atoms with Crippen molar-refractivity contribution in [3.8, 4) is 0 Å². The number of anilines is 2. The molecule has 7 nitrogen and oxygen atoms in total. The van der Waals surface area contributed by atoms with Crippen LogP contribution in [0.15, 0.2) is 29.1 Å². The molecule has 1 aliphatic carbocycles. The molecule has 1 heterocycles. The number of aliphatic imine (C=N–C) groups is 1. The lowest BCUT2D eigenvalue weighted by atomic mass is 9.98. The van der Waals surface area contributed by atoms with Crippen LogP contribution in [0.5, 0.6) is 0 Å². The first-order valence-corrected chi connectivity index (χ1v) is 11.5. The van der Waals surface area contributed by atoms with Gasteiger partial charge in [-0.3, -0.25) is 4.99 Å². The Labute approximate surface area is 191 Å². The van der Waals surface area contributed by atoms with Crippen molar-refractivity contribution in [2.24, 2.45) is 10.9 Å². The van der Waals surface area contributed by atoms with E-state index in [0.29, 0.717) is 24.2 Å². The van der Waals surface area contributed by atoms with Crippen LogP contribution in [0.25, 0.3) is 0 Å². The van der Waals surface area contributed by atoms with Crippen molar-refractivity contribution in [3.63, 3.8) is 0 Å². The highest BCUT2D eigenvalue weighted by molar-refractivity contribution is 8.17. The summed E-state index contributed by atoms with van der Waals surface area (Å²) in [5.74, 6) is 1.74. The van der Waals surface area contributed by atoms with Crippen LogP contribution in [0.3, 0.4) is 0 Å². The Morgan fingerprint density at radius 1 is 1.42 bits per heavy atom. The predicted octanol–water partition coefficient (Wildman–Crippen LogP) is 4.31. The third kappa shape index (κ3) is 9.01. The molecule has 1 aromatic heterocycles. The Morgan fingerprint density at radius 3 is 2.42 bits per heavy atom. The Balaban J connectivity index is 0.000000452. The Bertz CT molecular complexity index is 762. The normalized spacial score (nSPS) is 16.1. The number of thioether (sulfide) groups is 1. The van der Waals surface area contributed by atoms with E-state index in [1.165, 1.54) is 24.6 Å². The van der Waals surface area contributed by atoms with E-state index in [9.17, 15) is 0 Å². The van der Waals surface area contributed by atoms with E-state index < -0.39 is 11.7 Å². The van der Waals surface area contributed by atoms with Crippen LogP contribution in [-0.2, 0) is 0 Å². The molecule has 1 fully saturated rings. The summed E-state index contributed by atoms with van der Waals surface area (Å²) in [6.07, 6.45) is 5.23. The van der Waals surface area contributed by atoms with Gasteiger partial charge < -0.3 is 21.3 Å². The Kier molecular flexibility index (Phi) is 10.7. The average molecular weight is 450 g/mol. The summed E-state index contributed by atoms with van der Waals surface area (Å²) in [5, 5.41) is 22.4. The highest BCUT2D eigenvalue weighted by Gasteiger charge is 2.28. The van der Waals surface area contributed by atoms with Crippen LogP contribution in [-0.4, -0.2) is 50.0 Å². The van der Waals surface area contributed by atoms with Gasteiger partial charge in [0.05, 0.1) is 23.0 Å². The average Bonchev–Trinajstić information content (AvgIpc) is 3.51. The van der Waals surface area contributed by atoms with Gasteiger partial charge in [0.25, 0.3) is 0 Å². The molecule has 0 unspecified atom stereocenters. The van der Waals surface area contributed by atoms with E-state index in [2.05, 4.69) is 40.4 Å². The summed E-state index contributed by atoms with van der Waals surface area (Å²) in [6, 6.07) is 0.374. The largest absolute Gasteiger partial charge is 0.390 e. The zero-order valence-electron chi connectivity index (χ0n) is 19.8. The molecule has 1 aliphatic rings. The summed E-state index contributed by atoms with van der Waals surface area (Å²) in [4.78, 5) is 14.0. The fourth-order valence-corrected chi connectivity index (χ4v) is 3.62. The lowest BCUT2D eigenvalue weighted by molar-refractivity contribution is -0.0514. The van der Waals surface area contributed by atoms with E-state index in [-0.39, 0.29) is 0 Å². The maximum Gasteiger partial charge on any atom is 0.225 e. The topological polar surface area (TPSA) is 117 Å². The molecule has 0 spiro atoms. The van der Waals surface area contributed by atoms with Crippen molar-refractivity contribution in [1.29, 1.82) is 0 Å². The maximum absolute atomic E-state index is 9.17. The minimum atomic E-state index is -0.935. The molecule has 8 heteroatoms. The zero-order chi connectivity index (χ0) is 23.8. The molecule has 0 aromatic carbocycles. The number of aliphatic hydroxyl groups excluding tert-OH is 1. The second-order valence-electron chi connectivity index (χ2n) is 8.42. The number of aliphatic hydroxyl groups is 2. The molecule has 2 atom stereocenters.